The molecular weight excluding hydrogens is 418 g/mol. The number of rotatable bonds is 6. The van der Waals surface area contributed by atoms with Crippen molar-refractivity contribution in [1.82, 2.24) is 9.97 Å². The molecule has 0 saturated heterocycles. The van der Waals surface area contributed by atoms with E-state index in [2.05, 4.69) is 59.7 Å². The molecule has 5 rings (SSSR count). The first kappa shape index (κ1) is 21.9. The molecule has 3 aromatic carbocycles. The average molecular weight is 448 g/mol. The third-order valence-electron chi connectivity index (χ3n) is 6.41. The van der Waals surface area contributed by atoms with Crippen molar-refractivity contribution in [2.45, 2.75) is 40.0 Å². The molecule has 0 radical (unpaired) electrons. The van der Waals surface area contributed by atoms with Crippen LogP contribution < -0.4 is 5.32 Å². The van der Waals surface area contributed by atoms with Crippen molar-refractivity contribution in [3.8, 4) is 11.4 Å². The minimum Gasteiger partial charge on any atom is -0.353 e. The lowest BCUT2D eigenvalue weighted by molar-refractivity contribution is -0.116. The molecule has 4 nitrogen and oxygen atoms in total. The van der Waals surface area contributed by atoms with E-state index in [1.165, 1.54) is 16.5 Å². The molecule has 0 aliphatic heterocycles. The van der Waals surface area contributed by atoms with E-state index in [0.717, 1.165) is 57.5 Å². The number of aromatic nitrogens is 2. The molecule has 170 valence electrons. The van der Waals surface area contributed by atoms with Gasteiger partial charge < -0.3 is 10.3 Å². The SMILES string of the molecule is Cc1ccc(C)c(NC(=O)CCCc2c(-c3ccc4ccccc4n3)[nH]c3ccc(C)cc23)c1. The zero-order valence-electron chi connectivity index (χ0n) is 19.9. The molecule has 2 aromatic heterocycles. The first-order chi connectivity index (χ1) is 16.5. The number of amides is 1. The van der Waals surface area contributed by atoms with Gasteiger partial charge in [0.15, 0.2) is 0 Å². The van der Waals surface area contributed by atoms with Crippen LogP contribution in [0.3, 0.4) is 0 Å². The molecule has 0 aliphatic rings. The second kappa shape index (κ2) is 9.14. The van der Waals surface area contributed by atoms with Gasteiger partial charge in [0.2, 0.25) is 5.91 Å². The van der Waals surface area contributed by atoms with Gasteiger partial charge in [-0.15, -0.1) is 0 Å². The standard InChI is InChI=1S/C30H29N3O/c1-19-12-15-26-24(17-19)23(8-6-10-29(34)32-28-18-20(2)11-13-21(28)3)30(33-26)27-16-14-22-7-4-5-9-25(22)31-27/h4-5,7,9,11-18,33H,6,8,10H2,1-3H3,(H,32,34). The van der Waals surface area contributed by atoms with Crippen LogP contribution in [-0.2, 0) is 11.2 Å². The average Bonchev–Trinajstić information content (AvgIpc) is 3.19. The monoisotopic (exact) mass is 447 g/mol. The minimum atomic E-state index is 0.0510. The first-order valence-electron chi connectivity index (χ1n) is 11.8. The molecule has 0 saturated carbocycles. The summed E-state index contributed by atoms with van der Waals surface area (Å²) >= 11 is 0. The predicted molar refractivity (Wildman–Crippen MR) is 141 cm³/mol. The predicted octanol–water partition coefficient (Wildman–Crippen LogP) is 7.27. The van der Waals surface area contributed by atoms with Crippen molar-refractivity contribution < 1.29 is 4.79 Å². The van der Waals surface area contributed by atoms with Crippen molar-refractivity contribution in [2.24, 2.45) is 0 Å². The molecule has 5 aromatic rings. The number of aromatic amines is 1. The summed E-state index contributed by atoms with van der Waals surface area (Å²) in [6.45, 7) is 6.17. The molecule has 0 atom stereocenters. The maximum Gasteiger partial charge on any atom is 0.224 e. The Bertz CT molecular complexity index is 1510. The van der Waals surface area contributed by atoms with Crippen molar-refractivity contribution in [1.29, 1.82) is 0 Å². The lowest BCUT2D eigenvalue weighted by atomic mass is 10.0. The molecule has 0 unspecified atom stereocenters. The Balaban J connectivity index is 1.41. The van der Waals surface area contributed by atoms with E-state index in [9.17, 15) is 4.79 Å². The van der Waals surface area contributed by atoms with E-state index in [1.54, 1.807) is 0 Å². The zero-order chi connectivity index (χ0) is 23.7. The van der Waals surface area contributed by atoms with Crippen molar-refractivity contribution >= 4 is 33.4 Å². The maximum atomic E-state index is 12.7. The number of hydrogen-bond donors (Lipinski definition) is 2. The van der Waals surface area contributed by atoms with Crippen LogP contribution in [0.15, 0.2) is 72.8 Å². The fourth-order valence-electron chi connectivity index (χ4n) is 4.55. The van der Waals surface area contributed by atoms with Crippen LogP contribution in [0, 0.1) is 20.8 Å². The van der Waals surface area contributed by atoms with Gasteiger partial charge in [0.25, 0.3) is 0 Å². The number of fused-ring (bicyclic) bond motifs is 2. The number of H-pyrrole nitrogens is 1. The summed E-state index contributed by atoms with van der Waals surface area (Å²) in [6, 6.07) is 25.0. The van der Waals surface area contributed by atoms with Crippen molar-refractivity contribution in [3.63, 3.8) is 0 Å². The summed E-state index contributed by atoms with van der Waals surface area (Å²) in [4.78, 5) is 21.2. The summed E-state index contributed by atoms with van der Waals surface area (Å²) < 4.78 is 0. The minimum absolute atomic E-state index is 0.0510. The number of carbonyl (C=O) groups excluding carboxylic acids is 1. The molecule has 2 heterocycles. The Morgan fingerprint density at radius 2 is 1.71 bits per heavy atom. The Labute approximate surface area is 200 Å². The quantitative estimate of drug-likeness (QED) is 0.287. The molecule has 34 heavy (non-hydrogen) atoms. The lowest BCUT2D eigenvalue weighted by Gasteiger charge is -2.10. The molecule has 0 bridgehead atoms. The number of para-hydroxylation sites is 1. The summed E-state index contributed by atoms with van der Waals surface area (Å²) in [5.41, 5.74) is 9.62. The van der Waals surface area contributed by atoms with E-state index in [1.807, 2.05) is 44.2 Å². The highest BCUT2D eigenvalue weighted by molar-refractivity contribution is 5.93. The second-order valence-corrected chi connectivity index (χ2v) is 9.14. The smallest absolute Gasteiger partial charge is 0.224 e. The fraction of sp³-hybridized carbons (Fsp3) is 0.200. The van der Waals surface area contributed by atoms with Gasteiger partial charge in [-0.3, -0.25) is 4.79 Å². The van der Waals surface area contributed by atoms with Crippen LogP contribution in [0.2, 0.25) is 0 Å². The van der Waals surface area contributed by atoms with Gasteiger partial charge in [-0.1, -0.05) is 48.0 Å². The number of benzene rings is 3. The number of nitrogens with one attached hydrogen (secondary N) is 2. The Morgan fingerprint density at radius 1 is 0.912 bits per heavy atom. The highest BCUT2D eigenvalue weighted by Gasteiger charge is 2.16. The molecule has 4 heteroatoms. The van der Waals surface area contributed by atoms with E-state index in [4.69, 9.17) is 4.98 Å². The summed E-state index contributed by atoms with van der Waals surface area (Å²) in [6.07, 6.45) is 2.03. The largest absolute Gasteiger partial charge is 0.353 e. The van der Waals surface area contributed by atoms with Crippen LogP contribution in [0.5, 0.6) is 0 Å². The highest BCUT2D eigenvalue weighted by atomic mass is 16.1. The summed E-state index contributed by atoms with van der Waals surface area (Å²) in [5, 5.41) is 5.42. The third kappa shape index (κ3) is 4.44. The molecular formula is C30H29N3O. The molecule has 0 spiro atoms. The van der Waals surface area contributed by atoms with Crippen LogP contribution in [0.1, 0.15) is 35.1 Å². The Morgan fingerprint density at radius 3 is 2.59 bits per heavy atom. The van der Waals surface area contributed by atoms with Crippen LogP contribution >= 0.6 is 0 Å². The first-order valence-corrected chi connectivity index (χ1v) is 11.8. The van der Waals surface area contributed by atoms with Gasteiger partial charge in [0.1, 0.15) is 0 Å². The number of pyridine rings is 1. The molecule has 1 amide bonds. The van der Waals surface area contributed by atoms with Crippen molar-refractivity contribution in [3.05, 3.63) is 95.1 Å². The lowest BCUT2D eigenvalue weighted by Crippen LogP contribution is -2.12. The van der Waals surface area contributed by atoms with Gasteiger partial charge in [-0.2, -0.15) is 0 Å². The van der Waals surface area contributed by atoms with Gasteiger partial charge >= 0.3 is 0 Å². The second-order valence-electron chi connectivity index (χ2n) is 9.14. The van der Waals surface area contributed by atoms with E-state index >= 15 is 0 Å². The Hall–Kier alpha value is -3.92. The van der Waals surface area contributed by atoms with Gasteiger partial charge in [0.05, 0.1) is 16.9 Å². The van der Waals surface area contributed by atoms with Crippen LogP contribution in [0.4, 0.5) is 5.69 Å². The number of hydrogen-bond acceptors (Lipinski definition) is 2. The molecule has 2 N–H and O–H groups in total. The zero-order valence-corrected chi connectivity index (χ0v) is 19.9. The number of nitrogens with zero attached hydrogens (tertiary/aromatic N) is 1. The fourth-order valence-corrected chi connectivity index (χ4v) is 4.55. The molecule has 0 aliphatic carbocycles. The van der Waals surface area contributed by atoms with Gasteiger partial charge in [0, 0.05) is 28.4 Å². The van der Waals surface area contributed by atoms with E-state index < -0.39 is 0 Å². The van der Waals surface area contributed by atoms with Gasteiger partial charge in [-0.25, -0.2) is 4.98 Å². The number of carbonyl (C=O) groups is 1. The number of aryl methyl sites for hydroxylation is 4. The van der Waals surface area contributed by atoms with Gasteiger partial charge in [-0.05, 0) is 80.6 Å². The van der Waals surface area contributed by atoms with Crippen LogP contribution in [0.25, 0.3) is 33.2 Å². The highest BCUT2D eigenvalue weighted by Crippen LogP contribution is 2.32. The maximum absolute atomic E-state index is 12.7. The topological polar surface area (TPSA) is 57.8 Å². The number of anilines is 1. The van der Waals surface area contributed by atoms with E-state index in [0.29, 0.717) is 6.42 Å². The normalized spacial score (nSPS) is 11.3. The van der Waals surface area contributed by atoms with Crippen LogP contribution in [-0.4, -0.2) is 15.9 Å². The summed E-state index contributed by atoms with van der Waals surface area (Å²) in [7, 11) is 0. The summed E-state index contributed by atoms with van der Waals surface area (Å²) in [5.74, 6) is 0.0510. The molecule has 0 fully saturated rings. The van der Waals surface area contributed by atoms with E-state index in [-0.39, 0.29) is 5.91 Å². The van der Waals surface area contributed by atoms with Crippen molar-refractivity contribution in [2.75, 3.05) is 5.32 Å². The Kier molecular flexibility index (Phi) is 5.89. The third-order valence-corrected chi connectivity index (χ3v) is 6.41.